The average Bonchev–Trinajstić information content (AvgIpc) is 2.98. The Kier molecular flexibility index (Phi) is 4.62. The highest BCUT2D eigenvalue weighted by molar-refractivity contribution is 7.98. The van der Waals surface area contributed by atoms with Gasteiger partial charge in [-0.05, 0) is 43.0 Å². The molecule has 1 aromatic carbocycles. The lowest BCUT2D eigenvalue weighted by Crippen LogP contribution is -2.26. The number of carbonyl (C=O) groups excluding carboxylic acids is 1. The minimum atomic E-state index is -0.0489. The van der Waals surface area contributed by atoms with Crippen molar-refractivity contribution in [3.05, 3.63) is 59.5 Å². The summed E-state index contributed by atoms with van der Waals surface area (Å²) in [4.78, 5) is 13.4. The van der Waals surface area contributed by atoms with Crippen LogP contribution in [0.25, 0.3) is 5.65 Å². The molecule has 0 aliphatic heterocycles. The summed E-state index contributed by atoms with van der Waals surface area (Å²) in [5, 5.41) is 11.2. The fourth-order valence-electron chi connectivity index (χ4n) is 2.42. The zero-order chi connectivity index (χ0) is 16.2. The van der Waals surface area contributed by atoms with Crippen molar-refractivity contribution in [3.8, 4) is 0 Å². The van der Waals surface area contributed by atoms with Crippen molar-refractivity contribution >= 4 is 23.3 Å². The van der Waals surface area contributed by atoms with Crippen LogP contribution < -0.4 is 5.32 Å². The number of benzene rings is 1. The van der Waals surface area contributed by atoms with Gasteiger partial charge in [-0.25, -0.2) is 0 Å². The number of fused-ring (bicyclic) bond motifs is 1. The molecular formula is C17H18N4OS. The number of hydrogen-bond donors (Lipinski definition) is 1. The largest absolute Gasteiger partial charge is 0.352 e. The molecule has 118 valence electrons. The molecular weight excluding hydrogens is 308 g/mol. The van der Waals surface area contributed by atoms with Gasteiger partial charge in [-0.15, -0.1) is 22.0 Å². The third-order valence-corrected chi connectivity index (χ3v) is 4.43. The summed E-state index contributed by atoms with van der Waals surface area (Å²) in [5.74, 6) is 0.794. The molecule has 0 saturated carbocycles. The van der Waals surface area contributed by atoms with E-state index in [2.05, 4.69) is 15.5 Å². The predicted octanol–water partition coefficient (Wildman–Crippen LogP) is 2.73. The Morgan fingerprint density at radius 3 is 2.96 bits per heavy atom. The maximum Gasteiger partial charge on any atom is 0.251 e. The SMILES string of the molecule is CSc1ccc(C)c(C(=O)NCCc2nnc3ccccn23)c1. The molecule has 0 fully saturated rings. The zero-order valence-electron chi connectivity index (χ0n) is 13.1. The first kappa shape index (κ1) is 15.6. The second-order valence-corrected chi connectivity index (χ2v) is 6.11. The number of carbonyl (C=O) groups is 1. The summed E-state index contributed by atoms with van der Waals surface area (Å²) in [6, 6.07) is 11.7. The number of thioether (sulfide) groups is 1. The molecule has 1 amide bonds. The smallest absolute Gasteiger partial charge is 0.251 e. The Balaban J connectivity index is 1.65. The van der Waals surface area contributed by atoms with Gasteiger partial charge in [0.1, 0.15) is 5.82 Å². The van der Waals surface area contributed by atoms with Crippen LogP contribution in [0.5, 0.6) is 0 Å². The van der Waals surface area contributed by atoms with Gasteiger partial charge in [-0.1, -0.05) is 12.1 Å². The topological polar surface area (TPSA) is 59.3 Å². The third-order valence-electron chi connectivity index (χ3n) is 3.71. The standard InChI is InChI=1S/C17H18N4OS/c1-12-6-7-13(23-2)11-14(12)17(22)18-9-8-16-20-19-15-5-3-4-10-21(15)16/h3-7,10-11H,8-9H2,1-2H3,(H,18,22). The molecule has 2 aromatic heterocycles. The Morgan fingerprint density at radius 2 is 2.13 bits per heavy atom. The molecule has 5 nitrogen and oxygen atoms in total. The van der Waals surface area contributed by atoms with E-state index in [-0.39, 0.29) is 5.91 Å². The van der Waals surface area contributed by atoms with Crippen LogP contribution in [0.2, 0.25) is 0 Å². The van der Waals surface area contributed by atoms with Crippen LogP contribution in [0.4, 0.5) is 0 Å². The fourth-order valence-corrected chi connectivity index (χ4v) is 2.86. The van der Waals surface area contributed by atoms with Crippen LogP contribution in [0.1, 0.15) is 21.7 Å². The highest BCUT2D eigenvalue weighted by Crippen LogP contribution is 2.19. The van der Waals surface area contributed by atoms with Crippen molar-refractivity contribution in [2.45, 2.75) is 18.2 Å². The van der Waals surface area contributed by atoms with E-state index < -0.39 is 0 Å². The van der Waals surface area contributed by atoms with Crippen molar-refractivity contribution < 1.29 is 4.79 Å². The van der Waals surface area contributed by atoms with Gasteiger partial charge in [0.2, 0.25) is 0 Å². The van der Waals surface area contributed by atoms with Gasteiger partial charge >= 0.3 is 0 Å². The number of hydrogen-bond acceptors (Lipinski definition) is 4. The van der Waals surface area contributed by atoms with Crippen LogP contribution >= 0.6 is 11.8 Å². The van der Waals surface area contributed by atoms with Crippen molar-refractivity contribution in [2.24, 2.45) is 0 Å². The van der Waals surface area contributed by atoms with Crippen molar-refractivity contribution in [3.63, 3.8) is 0 Å². The lowest BCUT2D eigenvalue weighted by atomic mass is 10.1. The number of amides is 1. The molecule has 3 rings (SSSR count). The molecule has 0 spiro atoms. The normalized spacial score (nSPS) is 10.9. The predicted molar refractivity (Wildman–Crippen MR) is 92.0 cm³/mol. The number of rotatable bonds is 5. The quantitative estimate of drug-likeness (QED) is 0.733. The summed E-state index contributed by atoms with van der Waals surface area (Å²) in [5.41, 5.74) is 2.52. The number of aromatic nitrogens is 3. The summed E-state index contributed by atoms with van der Waals surface area (Å²) in [6.45, 7) is 2.47. The summed E-state index contributed by atoms with van der Waals surface area (Å²) in [7, 11) is 0. The van der Waals surface area contributed by atoms with E-state index in [0.29, 0.717) is 13.0 Å². The van der Waals surface area contributed by atoms with Crippen LogP contribution in [0, 0.1) is 6.92 Å². The maximum atomic E-state index is 12.4. The number of nitrogens with zero attached hydrogens (tertiary/aromatic N) is 3. The molecule has 3 aromatic rings. The van der Waals surface area contributed by atoms with E-state index >= 15 is 0 Å². The Bertz CT molecular complexity index is 843. The number of pyridine rings is 1. The first-order chi connectivity index (χ1) is 11.2. The van der Waals surface area contributed by atoms with Crippen molar-refractivity contribution in [2.75, 3.05) is 12.8 Å². The molecule has 0 saturated heterocycles. The van der Waals surface area contributed by atoms with E-state index in [0.717, 1.165) is 27.5 Å². The first-order valence-corrected chi connectivity index (χ1v) is 8.63. The monoisotopic (exact) mass is 326 g/mol. The van der Waals surface area contributed by atoms with Crippen LogP contribution in [-0.2, 0) is 6.42 Å². The van der Waals surface area contributed by atoms with Crippen LogP contribution in [0.15, 0.2) is 47.5 Å². The Hall–Kier alpha value is -2.34. The molecule has 0 radical (unpaired) electrons. The summed E-state index contributed by atoms with van der Waals surface area (Å²) in [6.07, 6.45) is 4.57. The molecule has 0 bridgehead atoms. The van der Waals surface area contributed by atoms with E-state index in [9.17, 15) is 4.79 Å². The fraction of sp³-hybridized carbons (Fsp3) is 0.235. The maximum absolute atomic E-state index is 12.4. The van der Waals surface area contributed by atoms with Gasteiger partial charge in [0.25, 0.3) is 5.91 Å². The van der Waals surface area contributed by atoms with Crippen molar-refractivity contribution in [1.29, 1.82) is 0 Å². The van der Waals surface area contributed by atoms with E-state index in [4.69, 9.17) is 0 Å². The lowest BCUT2D eigenvalue weighted by molar-refractivity contribution is 0.0953. The highest BCUT2D eigenvalue weighted by atomic mass is 32.2. The highest BCUT2D eigenvalue weighted by Gasteiger charge is 2.10. The van der Waals surface area contributed by atoms with Crippen LogP contribution in [0.3, 0.4) is 0 Å². The number of aryl methyl sites for hydroxylation is 1. The average molecular weight is 326 g/mol. The van der Waals surface area contributed by atoms with E-state index in [1.165, 1.54) is 0 Å². The minimum absolute atomic E-state index is 0.0489. The lowest BCUT2D eigenvalue weighted by Gasteiger charge is -2.08. The molecule has 23 heavy (non-hydrogen) atoms. The molecule has 6 heteroatoms. The second kappa shape index (κ2) is 6.83. The van der Waals surface area contributed by atoms with Gasteiger partial charge in [0, 0.05) is 29.6 Å². The molecule has 0 aliphatic rings. The molecule has 2 heterocycles. The molecule has 0 unspecified atom stereocenters. The van der Waals surface area contributed by atoms with Gasteiger partial charge in [0.15, 0.2) is 5.65 Å². The second-order valence-electron chi connectivity index (χ2n) is 5.23. The van der Waals surface area contributed by atoms with E-state index in [1.54, 1.807) is 11.8 Å². The molecule has 0 aliphatic carbocycles. The van der Waals surface area contributed by atoms with Gasteiger partial charge in [-0.3, -0.25) is 9.20 Å². The zero-order valence-corrected chi connectivity index (χ0v) is 13.9. The Morgan fingerprint density at radius 1 is 1.26 bits per heavy atom. The van der Waals surface area contributed by atoms with Crippen LogP contribution in [-0.4, -0.2) is 33.3 Å². The summed E-state index contributed by atoms with van der Waals surface area (Å²) >= 11 is 1.63. The number of nitrogens with one attached hydrogen (secondary N) is 1. The van der Waals surface area contributed by atoms with Crippen molar-refractivity contribution in [1.82, 2.24) is 19.9 Å². The van der Waals surface area contributed by atoms with Gasteiger partial charge in [0.05, 0.1) is 0 Å². The van der Waals surface area contributed by atoms with Gasteiger partial charge < -0.3 is 5.32 Å². The molecule has 0 atom stereocenters. The Labute approximate surface area is 139 Å². The third kappa shape index (κ3) is 3.37. The van der Waals surface area contributed by atoms with E-state index in [1.807, 2.05) is 60.2 Å². The summed E-state index contributed by atoms with van der Waals surface area (Å²) < 4.78 is 1.94. The van der Waals surface area contributed by atoms with Gasteiger partial charge in [-0.2, -0.15) is 0 Å². The first-order valence-electron chi connectivity index (χ1n) is 7.40. The molecule has 1 N–H and O–H groups in total. The minimum Gasteiger partial charge on any atom is -0.352 e.